The van der Waals surface area contributed by atoms with Gasteiger partial charge >= 0.3 is 0 Å². The molecule has 2 aromatic rings. The standard InChI is InChI=1S/C16H20N4S/c1-10-8-9-12-6-4-5-7-13(12)20(10)16-14(15(17)21)11(2)18-19(16)3/h4-7,10H,8-9H2,1-3H3,(H2,17,21). The highest BCUT2D eigenvalue weighted by Gasteiger charge is 2.30. The summed E-state index contributed by atoms with van der Waals surface area (Å²) >= 11 is 5.25. The van der Waals surface area contributed by atoms with Crippen molar-refractivity contribution in [3.05, 3.63) is 41.1 Å². The Hall–Kier alpha value is -1.88. The molecule has 1 aromatic carbocycles. The van der Waals surface area contributed by atoms with Crippen LogP contribution in [0.15, 0.2) is 24.3 Å². The van der Waals surface area contributed by atoms with Crippen molar-refractivity contribution in [2.75, 3.05) is 4.90 Å². The second-order valence-corrected chi connectivity index (χ2v) is 6.10. The Morgan fingerprint density at radius 1 is 1.38 bits per heavy atom. The Bertz CT molecular complexity index is 704. The second-order valence-electron chi connectivity index (χ2n) is 5.66. The topological polar surface area (TPSA) is 47.1 Å². The minimum Gasteiger partial charge on any atom is -0.389 e. The van der Waals surface area contributed by atoms with Crippen molar-refractivity contribution in [1.29, 1.82) is 0 Å². The highest BCUT2D eigenvalue weighted by atomic mass is 32.1. The van der Waals surface area contributed by atoms with Gasteiger partial charge in [0.2, 0.25) is 0 Å². The van der Waals surface area contributed by atoms with E-state index in [1.165, 1.54) is 11.3 Å². The number of benzene rings is 1. The van der Waals surface area contributed by atoms with Crippen molar-refractivity contribution in [3.63, 3.8) is 0 Å². The van der Waals surface area contributed by atoms with Crippen LogP contribution < -0.4 is 10.6 Å². The van der Waals surface area contributed by atoms with Crippen LogP contribution in [0.4, 0.5) is 11.5 Å². The molecule has 4 nitrogen and oxygen atoms in total. The van der Waals surface area contributed by atoms with Crippen LogP contribution in [0.25, 0.3) is 0 Å². The normalized spacial score (nSPS) is 17.7. The van der Waals surface area contributed by atoms with E-state index in [0.717, 1.165) is 29.9 Å². The molecular weight excluding hydrogens is 280 g/mol. The maximum Gasteiger partial charge on any atom is 0.141 e. The minimum absolute atomic E-state index is 0.391. The summed E-state index contributed by atoms with van der Waals surface area (Å²) in [4.78, 5) is 2.73. The zero-order chi connectivity index (χ0) is 15.1. The second kappa shape index (κ2) is 5.15. The molecule has 2 heterocycles. The molecule has 0 aliphatic carbocycles. The fourth-order valence-electron chi connectivity index (χ4n) is 3.22. The lowest BCUT2D eigenvalue weighted by molar-refractivity contribution is 0.597. The zero-order valence-electron chi connectivity index (χ0n) is 12.6. The van der Waals surface area contributed by atoms with Crippen LogP contribution in [-0.4, -0.2) is 20.8 Å². The summed E-state index contributed by atoms with van der Waals surface area (Å²) in [6.45, 7) is 4.19. The first-order chi connectivity index (χ1) is 10.0. The zero-order valence-corrected chi connectivity index (χ0v) is 13.4. The maximum atomic E-state index is 5.95. The molecule has 110 valence electrons. The molecule has 3 rings (SSSR count). The summed E-state index contributed by atoms with van der Waals surface area (Å²) in [6, 6.07) is 8.92. The van der Waals surface area contributed by atoms with E-state index in [2.05, 4.69) is 41.2 Å². The van der Waals surface area contributed by atoms with Gasteiger partial charge in [-0.25, -0.2) is 0 Å². The number of nitrogens with zero attached hydrogens (tertiary/aromatic N) is 3. The molecule has 0 saturated carbocycles. The highest BCUT2D eigenvalue weighted by Crippen LogP contribution is 2.38. The van der Waals surface area contributed by atoms with Gasteiger partial charge in [0.25, 0.3) is 0 Å². The summed E-state index contributed by atoms with van der Waals surface area (Å²) in [7, 11) is 1.95. The van der Waals surface area contributed by atoms with Crippen molar-refractivity contribution < 1.29 is 0 Å². The van der Waals surface area contributed by atoms with E-state index < -0.39 is 0 Å². The van der Waals surface area contributed by atoms with Gasteiger partial charge < -0.3 is 10.6 Å². The molecule has 2 N–H and O–H groups in total. The number of fused-ring (bicyclic) bond motifs is 1. The number of nitrogens with two attached hydrogens (primary N) is 1. The molecule has 5 heteroatoms. The molecule has 0 bridgehead atoms. The molecule has 0 spiro atoms. The van der Waals surface area contributed by atoms with Gasteiger partial charge in [-0.3, -0.25) is 4.68 Å². The molecule has 0 saturated heterocycles. The van der Waals surface area contributed by atoms with E-state index in [-0.39, 0.29) is 0 Å². The maximum absolute atomic E-state index is 5.95. The fraction of sp³-hybridized carbons (Fsp3) is 0.375. The first-order valence-corrected chi connectivity index (χ1v) is 7.62. The lowest BCUT2D eigenvalue weighted by Crippen LogP contribution is -2.35. The molecule has 1 atom stereocenters. The summed E-state index contributed by atoms with van der Waals surface area (Å²) in [5, 5.41) is 4.52. The van der Waals surface area contributed by atoms with Crippen LogP contribution in [-0.2, 0) is 13.5 Å². The Labute approximate surface area is 130 Å². The van der Waals surface area contributed by atoms with Crippen molar-refractivity contribution >= 4 is 28.7 Å². The number of thiocarbonyl (C=S) groups is 1. The van der Waals surface area contributed by atoms with E-state index in [9.17, 15) is 0 Å². The SMILES string of the molecule is Cc1nn(C)c(N2c3ccccc3CCC2C)c1C(N)=S. The fourth-order valence-corrected chi connectivity index (χ4v) is 3.46. The molecule has 0 amide bonds. The molecule has 0 fully saturated rings. The third kappa shape index (κ3) is 2.21. The molecule has 1 aliphatic rings. The van der Waals surface area contributed by atoms with E-state index >= 15 is 0 Å². The lowest BCUT2D eigenvalue weighted by atomic mass is 9.96. The van der Waals surface area contributed by atoms with E-state index in [1.54, 1.807) is 0 Å². The smallest absolute Gasteiger partial charge is 0.141 e. The van der Waals surface area contributed by atoms with Crippen LogP contribution >= 0.6 is 12.2 Å². The predicted molar refractivity (Wildman–Crippen MR) is 90.2 cm³/mol. The third-order valence-corrected chi connectivity index (χ3v) is 4.39. The molecule has 0 radical (unpaired) electrons. The first kappa shape index (κ1) is 14.1. The molecule has 1 unspecified atom stereocenters. The minimum atomic E-state index is 0.391. The number of hydrogen-bond acceptors (Lipinski definition) is 3. The van der Waals surface area contributed by atoms with Gasteiger partial charge in [0.15, 0.2) is 0 Å². The first-order valence-electron chi connectivity index (χ1n) is 7.21. The van der Waals surface area contributed by atoms with Crippen molar-refractivity contribution in [2.24, 2.45) is 12.8 Å². The number of hydrogen-bond donors (Lipinski definition) is 1. The Morgan fingerprint density at radius 3 is 2.81 bits per heavy atom. The van der Waals surface area contributed by atoms with Gasteiger partial charge in [-0.05, 0) is 38.3 Å². The lowest BCUT2D eigenvalue weighted by Gasteiger charge is -2.37. The van der Waals surface area contributed by atoms with Gasteiger partial charge in [0, 0.05) is 18.8 Å². The van der Waals surface area contributed by atoms with Gasteiger partial charge in [-0.1, -0.05) is 30.4 Å². The summed E-state index contributed by atoms with van der Waals surface area (Å²) in [6.07, 6.45) is 2.21. The molecular formula is C16H20N4S. The average molecular weight is 300 g/mol. The molecule has 1 aliphatic heterocycles. The quantitative estimate of drug-likeness (QED) is 0.866. The average Bonchev–Trinajstić information content (AvgIpc) is 2.73. The third-order valence-electron chi connectivity index (χ3n) is 4.19. The molecule has 21 heavy (non-hydrogen) atoms. The number of anilines is 2. The van der Waals surface area contributed by atoms with E-state index in [4.69, 9.17) is 18.0 Å². The predicted octanol–water partition coefficient (Wildman–Crippen LogP) is 2.84. The number of aromatic nitrogens is 2. The largest absolute Gasteiger partial charge is 0.389 e. The summed E-state index contributed by atoms with van der Waals surface area (Å²) in [5.41, 5.74) is 10.3. The van der Waals surface area contributed by atoms with Crippen molar-refractivity contribution in [1.82, 2.24) is 9.78 Å². The van der Waals surface area contributed by atoms with Gasteiger partial charge in [-0.15, -0.1) is 0 Å². The van der Waals surface area contributed by atoms with Crippen LogP contribution in [0, 0.1) is 6.92 Å². The van der Waals surface area contributed by atoms with E-state index in [1.807, 2.05) is 18.7 Å². The van der Waals surface area contributed by atoms with Crippen molar-refractivity contribution in [3.8, 4) is 0 Å². The van der Waals surface area contributed by atoms with Crippen molar-refractivity contribution in [2.45, 2.75) is 32.7 Å². The van der Waals surface area contributed by atoms with Gasteiger partial charge in [0.05, 0.1) is 11.3 Å². The summed E-state index contributed by atoms with van der Waals surface area (Å²) < 4.78 is 1.89. The molecule has 1 aromatic heterocycles. The van der Waals surface area contributed by atoms with Gasteiger partial charge in [-0.2, -0.15) is 5.10 Å². The Balaban J connectivity index is 2.23. The number of para-hydroxylation sites is 1. The van der Waals surface area contributed by atoms with Crippen LogP contribution in [0.3, 0.4) is 0 Å². The number of aryl methyl sites for hydroxylation is 3. The van der Waals surface area contributed by atoms with Crippen LogP contribution in [0.1, 0.15) is 30.2 Å². The number of rotatable bonds is 2. The van der Waals surface area contributed by atoms with Crippen LogP contribution in [0.5, 0.6) is 0 Å². The Morgan fingerprint density at radius 2 is 2.10 bits per heavy atom. The van der Waals surface area contributed by atoms with Crippen LogP contribution in [0.2, 0.25) is 0 Å². The monoisotopic (exact) mass is 300 g/mol. The van der Waals surface area contributed by atoms with E-state index in [0.29, 0.717) is 11.0 Å². The van der Waals surface area contributed by atoms with Gasteiger partial charge in [0.1, 0.15) is 10.8 Å². The highest BCUT2D eigenvalue weighted by molar-refractivity contribution is 7.80. The summed E-state index contributed by atoms with van der Waals surface area (Å²) in [5.74, 6) is 1.000. The Kier molecular flexibility index (Phi) is 3.45.